The van der Waals surface area contributed by atoms with Crippen LogP contribution >= 0.6 is 0 Å². The fraction of sp³-hybridized carbons (Fsp3) is 0.533. The van der Waals surface area contributed by atoms with Crippen molar-refractivity contribution in [3.8, 4) is 0 Å². The highest BCUT2D eigenvalue weighted by molar-refractivity contribution is 5.95. The molecule has 1 aliphatic rings. The van der Waals surface area contributed by atoms with E-state index in [0.717, 1.165) is 12.1 Å². The zero-order valence-corrected chi connectivity index (χ0v) is 11.4. The smallest absolute Gasteiger partial charge is 0.122 e. The Balaban J connectivity index is 2.29. The largest absolute Gasteiger partial charge is 0.384 e. The molecule has 0 aromatic heterocycles. The van der Waals surface area contributed by atoms with Gasteiger partial charge in [0.25, 0.3) is 0 Å². The van der Waals surface area contributed by atoms with Crippen LogP contribution in [0.2, 0.25) is 0 Å². The molecule has 1 fully saturated rings. The minimum absolute atomic E-state index is 0.148. The third kappa shape index (κ3) is 2.50. The number of nitrogens with zero attached hydrogens (tertiary/aromatic N) is 1. The van der Waals surface area contributed by atoms with Crippen LogP contribution in [0.3, 0.4) is 0 Å². The van der Waals surface area contributed by atoms with Crippen LogP contribution < -0.4 is 10.6 Å². The Morgan fingerprint density at radius 3 is 2.83 bits per heavy atom. The first-order valence-electron chi connectivity index (χ1n) is 6.85. The molecule has 18 heavy (non-hydrogen) atoms. The maximum absolute atomic E-state index is 7.49. The molecule has 0 amide bonds. The Bertz CT molecular complexity index is 439. The average Bonchev–Trinajstić information content (AvgIpc) is 2.38. The first-order valence-corrected chi connectivity index (χ1v) is 6.85. The maximum atomic E-state index is 7.49. The Morgan fingerprint density at radius 1 is 1.44 bits per heavy atom. The summed E-state index contributed by atoms with van der Waals surface area (Å²) < 4.78 is 0. The number of aryl methyl sites for hydroxylation is 1. The van der Waals surface area contributed by atoms with Crippen LogP contribution in [-0.4, -0.2) is 18.4 Å². The molecular weight excluding hydrogens is 222 g/mol. The fourth-order valence-electron chi connectivity index (χ4n) is 2.89. The summed E-state index contributed by atoms with van der Waals surface area (Å²) in [4.78, 5) is 2.53. The highest BCUT2D eigenvalue weighted by Crippen LogP contribution is 2.29. The molecule has 0 bridgehead atoms. The minimum atomic E-state index is 0.148. The second kappa shape index (κ2) is 5.42. The number of hydrogen-bond donors (Lipinski definition) is 2. The van der Waals surface area contributed by atoms with Crippen molar-refractivity contribution in [2.45, 2.75) is 45.6 Å². The van der Waals surface area contributed by atoms with Crippen molar-refractivity contribution < 1.29 is 0 Å². The fourth-order valence-corrected chi connectivity index (χ4v) is 2.89. The van der Waals surface area contributed by atoms with Crippen molar-refractivity contribution >= 4 is 11.5 Å². The minimum Gasteiger partial charge on any atom is -0.384 e. The summed E-state index contributed by atoms with van der Waals surface area (Å²) in [5, 5.41) is 7.49. The molecular formula is C15H23N3. The van der Waals surface area contributed by atoms with E-state index in [2.05, 4.69) is 24.8 Å². The van der Waals surface area contributed by atoms with E-state index < -0.39 is 0 Å². The summed E-state index contributed by atoms with van der Waals surface area (Å²) in [5.41, 5.74) is 8.89. The molecule has 3 N–H and O–H groups in total. The predicted molar refractivity (Wildman–Crippen MR) is 77.5 cm³/mol. The lowest BCUT2D eigenvalue weighted by atomic mass is 9.97. The standard InChI is InChI=1S/C15H23N3/c1-3-13-6-4-5-9-18(13)14-8-7-12(15(16)17)10-11(14)2/h7-8,10,13H,3-6,9H2,1-2H3,(H3,16,17). The van der Waals surface area contributed by atoms with Crippen LogP contribution in [0.5, 0.6) is 0 Å². The first-order chi connectivity index (χ1) is 8.63. The molecule has 1 aliphatic heterocycles. The lowest BCUT2D eigenvalue weighted by Gasteiger charge is -2.38. The first kappa shape index (κ1) is 12.9. The summed E-state index contributed by atoms with van der Waals surface area (Å²) >= 11 is 0. The van der Waals surface area contributed by atoms with Gasteiger partial charge in [-0.25, -0.2) is 0 Å². The molecule has 0 aliphatic carbocycles. The molecule has 98 valence electrons. The Kier molecular flexibility index (Phi) is 3.90. The van der Waals surface area contributed by atoms with Crippen molar-refractivity contribution in [3.63, 3.8) is 0 Å². The van der Waals surface area contributed by atoms with Gasteiger partial charge >= 0.3 is 0 Å². The van der Waals surface area contributed by atoms with Crippen LogP contribution in [0.15, 0.2) is 18.2 Å². The Morgan fingerprint density at radius 2 is 2.22 bits per heavy atom. The molecule has 1 unspecified atom stereocenters. The molecule has 1 atom stereocenters. The molecule has 3 heteroatoms. The summed E-state index contributed by atoms with van der Waals surface area (Å²) in [7, 11) is 0. The van der Waals surface area contributed by atoms with Crippen molar-refractivity contribution in [1.29, 1.82) is 5.41 Å². The van der Waals surface area contributed by atoms with Gasteiger partial charge in [-0.2, -0.15) is 0 Å². The number of nitrogens with one attached hydrogen (secondary N) is 1. The number of amidine groups is 1. The molecule has 0 radical (unpaired) electrons. The summed E-state index contributed by atoms with van der Waals surface area (Å²) in [6.07, 6.45) is 5.13. The molecule has 2 rings (SSSR count). The molecule has 0 saturated carbocycles. The third-order valence-electron chi connectivity index (χ3n) is 3.92. The zero-order valence-electron chi connectivity index (χ0n) is 11.4. The Labute approximate surface area is 109 Å². The maximum Gasteiger partial charge on any atom is 0.122 e. The Hall–Kier alpha value is -1.51. The number of piperidine rings is 1. The van der Waals surface area contributed by atoms with Crippen molar-refractivity contribution in [2.24, 2.45) is 5.73 Å². The van der Waals surface area contributed by atoms with E-state index in [1.54, 1.807) is 0 Å². The normalized spacial score (nSPS) is 19.9. The van der Waals surface area contributed by atoms with Crippen LogP contribution in [0, 0.1) is 12.3 Å². The monoisotopic (exact) mass is 245 g/mol. The van der Waals surface area contributed by atoms with Crippen LogP contribution in [0.4, 0.5) is 5.69 Å². The van der Waals surface area contributed by atoms with Gasteiger partial charge in [0.1, 0.15) is 5.84 Å². The van der Waals surface area contributed by atoms with Crippen molar-refractivity contribution in [3.05, 3.63) is 29.3 Å². The summed E-state index contributed by atoms with van der Waals surface area (Å²) in [6, 6.07) is 6.78. The van der Waals surface area contributed by atoms with Gasteiger partial charge < -0.3 is 10.6 Å². The van der Waals surface area contributed by atoms with Crippen LogP contribution in [0.25, 0.3) is 0 Å². The molecule has 1 saturated heterocycles. The highest BCUT2D eigenvalue weighted by Gasteiger charge is 2.22. The van der Waals surface area contributed by atoms with E-state index in [0.29, 0.717) is 6.04 Å². The highest BCUT2D eigenvalue weighted by atomic mass is 15.2. The van der Waals surface area contributed by atoms with Crippen molar-refractivity contribution in [1.82, 2.24) is 0 Å². The lowest BCUT2D eigenvalue weighted by Crippen LogP contribution is -2.39. The molecule has 1 heterocycles. The van der Waals surface area contributed by atoms with Gasteiger partial charge in [0.15, 0.2) is 0 Å². The molecule has 1 aromatic rings. The van der Waals surface area contributed by atoms with Gasteiger partial charge in [-0.3, -0.25) is 5.41 Å². The molecule has 1 aromatic carbocycles. The number of anilines is 1. The zero-order chi connectivity index (χ0) is 13.1. The van der Waals surface area contributed by atoms with Crippen LogP contribution in [-0.2, 0) is 0 Å². The second-order valence-corrected chi connectivity index (χ2v) is 5.17. The summed E-state index contributed by atoms with van der Waals surface area (Å²) in [5.74, 6) is 0.148. The average molecular weight is 245 g/mol. The topological polar surface area (TPSA) is 53.1 Å². The van der Waals surface area contributed by atoms with Gasteiger partial charge in [0, 0.05) is 23.8 Å². The van der Waals surface area contributed by atoms with E-state index in [-0.39, 0.29) is 5.84 Å². The molecule has 0 spiro atoms. The van der Waals surface area contributed by atoms with Crippen molar-refractivity contribution in [2.75, 3.05) is 11.4 Å². The number of benzene rings is 1. The van der Waals surface area contributed by atoms with Gasteiger partial charge in [-0.05, 0) is 56.4 Å². The second-order valence-electron chi connectivity index (χ2n) is 5.17. The van der Waals surface area contributed by atoms with E-state index in [9.17, 15) is 0 Å². The van der Waals surface area contributed by atoms with Gasteiger partial charge in [0.2, 0.25) is 0 Å². The number of nitrogens with two attached hydrogens (primary N) is 1. The summed E-state index contributed by atoms with van der Waals surface area (Å²) in [6.45, 7) is 5.53. The van der Waals surface area contributed by atoms with E-state index in [1.165, 1.54) is 36.9 Å². The quantitative estimate of drug-likeness (QED) is 0.635. The lowest BCUT2D eigenvalue weighted by molar-refractivity contribution is 0.449. The third-order valence-corrected chi connectivity index (χ3v) is 3.92. The van der Waals surface area contributed by atoms with Gasteiger partial charge in [-0.15, -0.1) is 0 Å². The van der Waals surface area contributed by atoms with Gasteiger partial charge in [-0.1, -0.05) is 6.92 Å². The SMILES string of the molecule is CCC1CCCCN1c1ccc(C(=N)N)cc1C. The van der Waals surface area contributed by atoms with E-state index in [4.69, 9.17) is 11.1 Å². The number of nitrogen functional groups attached to an aromatic ring is 1. The molecule has 3 nitrogen and oxygen atoms in total. The number of rotatable bonds is 3. The van der Waals surface area contributed by atoms with E-state index in [1.807, 2.05) is 12.1 Å². The van der Waals surface area contributed by atoms with Gasteiger partial charge in [0.05, 0.1) is 0 Å². The predicted octanol–water partition coefficient (Wildman–Crippen LogP) is 3.05. The van der Waals surface area contributed by atoms with Crippen LogP contribution in [0.1, 0.15) is 43.7 Å². The number of hydrogen-bond acceptors (Lipinski definition) is 2. The van der Waals surface area contributed by atoms with E-state index >= 15 is 0 Å².